The third-order valence-electron chi connectivity index (χ3n) is 5.89. The third-order valence-corrected chi connectivity index (χ3v) is 5.89. The minimum atomic E-state index is -0.0530. The van der Waals surface area contributed by atoms with Crippen LogP contribution in [0.2, 0.25) is 0 Å². The molecule has 1 aliphatic rings. The van der Waals surface area contributed by atoms with Crippen LogP contribution < -0.4 is 10.1 Å². The van der Waals surface area contributed by atoms with Crippen molar-refractivity contribution in [1.29, 1.82) is 0 Å². The predicted molar refractivity (Wildman–Crippen MR) is 123 cm³/mol. The molecule has 0 atom stereocenters. The SMILES string of the molecule is Cc1nn(-c2ccccc2)c(C)c1CC(=O)Nc1ccc(OC2CCN(C)CC2)cc1. The Morgan fingerprint density at radius 1 is 1.06 bits per heavy atom. The molecule has 6 nitrogen and oxygen atoms in total. The average molecular weight is 419 g/mol. The van der Waals surface area contributed by atoms with Gasteiger partial charge in [-0.2, -0.15) is 5.10 Å². The zero-order valence-corrected chi connectivity index (χ0v) is 18.5. The third kappa shape index (κ3) is 5.14. The lowest BCUT2D eigenvalue weighted by molar-refractivity contribution is -0.115. The van der Waals surface area contributed by atoms with E-state index in [1.165, 1.54) is 0 Å². The molecule has 0 unspecified atom stereocenters. The number of hydrogen-bond acceptors (Lipinski definition) is 4. The monoisotopic (exact) mass is 418 g/mol. The number of benzene rings is 2. The van der Waals surface area contributed by atoms with E-state index in [2.05, 4.69) is 22.4 Å². The highest BCUT2D eigenvalue weighted by Crippen LogP contribution is 2.22. The topological polar surface area (TPSA) is 59.4 Å². The van der Waals surface area contributed by atoms with Crippen molar-refractivity contribution < 1.29 is 9.53 Å². The lowest BCUT2D eigenvalue weighted by atomic mass is 10.1. The van der Waals surface area contributed by atoms with Gasteiger partial charge < -0.3 is 15.0 Å². The van der Waals surface area contributed by atoms with E-state index in [4.69, 9.17) is 4.74 Å². The zero-order chi connectivity index (χ0) is 21.8. The van der Waals surface area contributed by atoms with E-state index in [1.807, 2.05) is 73.1 Å². The Bertz CT molecular complexity index is 1020. The molecule has 3 aromatic rings. The summed E-state index contributed by atoms with van der Waals surface area (Å²) in [6.45, 7) is 6.09. The second kappa shape index (κ2) is 9.35. The van der Waals surface area contributed by atoms with Crippen LogP contribution in [0.25, 0.3) is 5.69 Å². The van der Waals surface area contributed by atoms with Crippen LogP contribution in [0, 0.1) is 13.8 Å². The van der Waals surface area contributed by atoms with Crippen molar-refractivity contribution in [1.82, 2.24) is 14.7 Å². The van der Waals surface area contributed by atoms with Gasteiger partial charge in [0.05, 0.1) is 17.8 Å². The lowest BCUT2D eigenvalue weighted by Crippen LogP contribution is -2.35. The quantitative estimate of drug-likeness (QED) is 0.654. The number of amides is 1. The number of carbonyl (C=O) groups excluding carboxylic acids is 1. The number of likely N-dealkylation sites (tertiary alicyclic amines) is 1. The van der Waals surface area contributed by atoms with Gasteiger partial charge in [0.2, 0.25) is 5.91 Å². The summed E-state index contributed by atoms with van der Waals surface area (Å²) < 4.78 is 7.98. The van der Waals surface area contributed by atoms with Gasteiger partial charge in [0.15, 0.2) is 0 Å². The Kier molecular flexibility index (Phi) is 6.37. The largest absolute Gasteiger partial charge is 0.490 e. The Labute approximate surface area is 183 Å². The summed E-state index contributed by atoms with van der Waals surface area (Å²) in [5, 5.41) is 7.62. The van der Waals surface area contributed by atoms with E-state index in [-0.39, 0.29) is 12.0 Å². The summed E-state index contributed by atoms with van der Waals surface area (Å²) in [6.07, 6.45) is 2.65. The molecule has 2 heterocycles. The molecule has 1 aromatic heterocycles. The summed E-state index contributed by atoms with van der Waals surface area (Å²) in [6, 6.07) is 17.6. The van der Waals surface area contributed by atoms with Crippen molar-refractivity contribution in [2.45, 2.75) is 39.2 Å². The maximum atomic E-state index is 12.7. The lowest BCUT2D eigenvalue weighted by Gasteiger charge is -2.29. The van der Waals surface area contributed by atoms with Crippen molar-refractivity contribution >= 4 is 11.6 Å². The highest BCUT2D eigenvalue weighted by atomic mass is 16.5. The summed E-state index contributed by atoms with van der Waals surface area (Å²) in [5.74, 6) is 0.797. The summed E-state index contributed by atoms with van der Waals surface area (Å²) in [7, 11) is 2.14. The second-order valence-corrected chi connectivity index (χ2v) is 8.27. The number of rotatable bonds is 6. The molecule has 1 aliphatic heterocycles. The molecule has 4 rings (SSSR count). The minimum absolute atomic E-state index is 0.0530. The fourth-order valence-electron chi connectivity index (χ4n) is 4.03. The van der Waals surface area contributed by atoms with Gasteiger partial charge in [-0.3, -0.25) is 4.79 Å². The fraction of sp³-hybridized carbons (Fsp3) is 0.360. The van der Waals surface area contributed by atoms with Crippen molar-refractivity contribution in [3.05, 3.63) is 71.5 Å². The molecule has 1 N–H and O–H groups in total. The van der Waals surface area contributed by atoms with E-state index in [0.717, 1.165) is 60.0 Å². The molecule has 2 aromatic carbocycles. The molecule has 1 amide bonds. The van der Waals surface area contributed by atoms with Gasteiger partial charge in [-0.1, -0.05) is 18.2 Å². The highest BCUT2D eigenvalue weighted by Gasteiger charge is 2.18. The average Bonchev–Trinajstić information content (AvgIpc) is 3.05. The van der Waals surface area contributed by atoms with Crippen LogP contribution in [0.1, 0.15) is 29.8 Å². The molecule has 1 fully saturated rings. The maximum Gasteiger partial charge on any atom is 0.228 e. The van der Waals surface area contributed by atoms with Gasteiger partial charge in [-0.25, -0.2) is 4.68 Å². The van der Waals surface area contributed by atoms with Gasteiger partial charge in [-0.15, -0.1) is 0 Å². The predicted octanol–water partition coefficient (Wildman–Crippen LogP) is 4.14. The standard InChI is InChI=1S/C25H30N4O2/c1-18-24(19(2)29(27-18)21-7-5-4-6-8-21)17-25(30)26-20-9-11-22(12-10-20)31-23-13-15-28(3)16-14-23/h4-12,23H,13-17H2,1-3H3,(H,26,30). The number of aryl methyl sites for hydroxylation is 1. The van der Waals surface area contributed by atoms with Crippen LogP contribution in [-0.2, 0) is 11.2 Å². The van der Waals surface area contributed by atoms with Crippen LogP contribution in [0.15, 0.2) is 54.6 Å². The highest BCUT2D eigenvalue weighted by molar-refractivity contribution is 5.92. The Balaban J connectivity index is 1.36. The molecule has 162 valence electrons. The molecule has 0 radical (unpaired) electrons. The first-order valence-electron chi connectivity index (χ1n) is 10.9. The number of para-hydroxylation sites is 1. The van der Waals surface area contributed by atoms with Crippen LogP contribution in [0.5, 0.6) is 5.75 Å². The maximum absolute atomic E-state index is 12.7. The van der Waals surface area contributed by atoms with Gasteiger partial charge in [0.1, 0.15) is 11.9 Å². The molecule has 1 saturated heterocycles. The molecular weight excluding hydrogens is 388 g/mol. The number of aromatic nitrogens is 2. The Hall–Kier alpha value is -3.12. The first kappa shape index (κ1) is 21.1. The smallest absolute Gasteiger partial charge is 0.228 e. The normalized spacial score (nSPS) is 15.1. The van der Waals surface area contributed by atoms with E-state index < -0.39 is 0 Å². The van der Waals surface area contributed by atoms with Crippen molar-refractivity contribution in [3.8, 4) is 11.4 Å². The second-order valence-electron chi connectivity index (χ2n) is 8.27. The molecular formula is C25H30N4O2. The van der Waals surface area contributed by atoms with Crippen molar-refractivity contribution in [2.24, 2.45) is 0 Å². The molecule has 0 bridgehead atoms. The van der Waals surface area contributed by atoms with Crippen molar-refractivity contribution in [2.75, 3.05) is 25.5 Å². The number of anilines is 1. The number of piperidine rings is 1. The van der Waals surface area contributed by atoms with E-state index in [0.29, 0.717) is 6.42 Å². The fourth-order valence-corrected chi connectivity index (χ4v) is 4.03. The minimum Gasteiger partial charge on any atom is -0.490 e. The number of ether oxygens (including phenoxy) is 1. The van der Waals surface area contributed by atoms with Crippen LogP contribution in [0.3, 0.4) is 0 Å². The van der Waals surface area contributed by atoms with Crippen LogP contribution in [-0.4, -0.2) is 46.8 Å². The van der Waals surface area contributed by atoms with Gasteiger partial charge in [-0.05, 0) is 70.1 Å². The first-order valence-corrected chi connectivity index (χ1v) is 10.9. The number of carbonyl (C=O) groups is 1. The van der Waals surface area contributed by atoms with E-state index in [1.54, 1.807) is 0 Å². The number of nitrogens with zero attached hydrogens (tertiary/aromatic N) is 3. The van der Waals surface area contributed by atoms with E-state index in [9.17, 15) is 4.79 Å². The number of hydrogen-bond donors (Lipinski definition) is 1. The Morgan fingerprint density at radius 2 is 1.74 bits per heavy atom. The van der Waals surface area contributed by atoms with Gasteiger partial charge >= 0.3 is 0 Å². The summed E-state index contributed by atoms with van der Waals surface area (Å²) in [5.41, 5.74) is 4.59. The molecule has 6 heteroatoms. The van der Waals surface area contributed by atoms with E-state index >= 15 is 0 Å². The summed E-state index contributed by atoms with van der Waals surface area (Å²) >= 11 is 0. The molecule has 0 saturated carbocycles. The van der Waals surface area contributed by atoms with Crippen LogP contribution in [0.4, 0.5) is 5.69 Å². The summed E-state index contributed by atoms with van der Waals surface area (Å²) in [4.78, 5) is 15.0. The van der Waals surface area contributed by atoms with Gasteiger partial charge in [0, 0.05) is 30.0 Å². The molecule has 0 aliphatic carbocycles. The van der Waals surface area contributed by atoms with Crippen LogP contribution >= 0.6 is 0 Å². The Morgan fingerprint density at radius 3 is 2.42 bits per heavy atom. The zero-order valence-electron chi connectivity index (χ0n) is 18.5. The number of nitrogens with one attached hydrogen (secondary N) is 1. The van der Waals surface area contributed by atoms with Gasteiger partial charge in [0.25, 0.3) is 0 Å². The van der Waals surface area contributed by atoms with Crippen molar-refractivity contribution in [3.63, 3.8) is 0 Å². The molecule has 31 heavy (non-hydrogen) atoms. The molecule has 0 spiro atoms. The first-order chi connectivity index (χ1) is 15.0.